The summed E-state index contributed by atoms with van der Waals surface area (Å²) in [4.78, 5) is 4.86. The lowest BCUT2D eigenvalue weighted by Gasteiger charge is -2.17. The third kappa shape index (κ3) is 3.02. The quantitative estimate of drug-likeness (QED) is 0.297. The molecule has 1 aliphatic heterocycles. The van der Waals surface area contributed by atoms with Crippen LogP contribution in [0.25, 0.3) is 38.5 Å². The molecule has 3 nitrogen and oxygen atoms in total. The van der Waals surface area contributed by atoms with Crippen molar-refractivity contribution < 1.29 is 4.57 Å². The van der Waals surface area contributed by atoms with Gasteiger partial charge in [-0.05, 0) is 59.7 Å². The molecule has 0 saturated heterocycles. The maximum atomic E-state index is 4.86. The van der Waals surface area contributed by atoms with Crippen LogP contribution >= 0.6 is 0 Å². The Balaban J connectivity index is 1.70. The number of pyridine rings is 1. The van der Waals surface area contributed by atoms with Gasteiger partial charge in [-0.25, -0.2) is 9.55 Å². The van der Waals surface area contributed by atoms with Gasteiger partial charge in [0.15, 0.2) is 6.20 Å². The molecule has 1 aliphatic rings. The van der Waals surface area contributed by atoms with E-state index in [-0.39, 0.29) is 0 Å². The minimum absolute atomic E-state index is 0.651. The molecule has 6 rings (SSSR count). The maximum Gasteiger partial charge on any atom is 0.220 e. The minimum Gasteiger partial charge on any atom is -0.302 e. The molecular weight excluding hydrogens is 402 g/mol. The van der Waals surface area contributed by atoms with Crippen LogP contribution in [0.4, 0.5) is 0 Å². The van der Waals surface area contributed by atoms with Gasteiger partial charge >= 0.3 is 0 Å². The molecule has 164 valence electrons. The third-order valence-electron chi connectivity index (χ3n) is 7.11. The van der Waals surface area contributed by atoms with Gasteiger partial charge in [0.1, 0.15) is 12.9 Å². The lowest BCUT2D eigenvalue weighted by Crippen LogP contribution is -2.31. The van der Waals surface area contributed by atoms with E-state index in [1.807, 2.05) is 0 Å². The monoisotopic (exact) mass is 432 g/mol. The zero-order valence-corrected chi connectivity index (χ0v) is 20.1. The molecule has 0 atom stereocenters. The van der Waals surface area contributed by atoms with Gasteiger partial charge in [0.05, 0.1) is 22.3 Å². The smallest absolute Gasteiger partial charge is 0.220 e. The lowest BCUT2D eigenvalue weighted by atomic mass is 9.88. The average molecular weight is 433 g/mol. The highest BCUT2D eigenvalue weighted by Crippen LogP contribution is 2.44. The van der Waals surface area contributed by atoms with Crippen LogP contribution in [0, 0.1) is 19.8 Å². The second-order valence-corrected chi connectivity index (χ2v) is 10.0. The summed E-state index contributed by atoms with van der Waals surface area (Å²) in [6.45, 7) is 8.94. The average Bonchev–Trinajstić information content (AvgIpc) is 3.30. The van der Waals surface area contributed by atoms with Crippen molar-refractivity contribution in [3.05, 3.63) is 89.1 Å². The van der Waals surface area contributed by atoms with E-state index in [1.54, 1.807) is 0 Å². The number of rotatable bonds is 3. The zero-order chi connectivity index (χ0) is 22.9. The van der Waals surface area contributed by atoms with Gasteiger partial charge in [-0.15, -0.1) is 0 Å². The highest BCUT2D eigenvalue weighted by Gasteiger charge is 2.31. The molecule has 5 aromatic rings. The molecule has 0 unspecified atom stereocenters. The normalized spacial score (nSPS) is 12.7. The van der Waals surface area contributed by atoms with Gasteiger partial charge in [-0.3, -0.25) is 0 Å². The van der Waals surface area contributed by atoms with E-state index in [2.05, 4.69) is 105 Å². The molecule has 0 spiro atoms. The standard InChI is InChI=1S/C30H30N3/c1-18(2)14-21-10-11-24-22(15-21)12-13-32(5)30(24)28-20(4)23-8-6-7-9-25(23)29-26(28)16-27-31-19(3)17-33(27)29/h6-13,15,17-18H,14,16H2,1-5H3/q+1. The molecule has 3 heteroatoms. The first kappa shape index (κ1) is 20.2. The van der Waals surface area contributed by atoms with Crippen molar-refractivity contribution in [1.82, 2.24) is 9.55 Å². The van der Waals surface area contributed by atoms with Crippen LogP contribution in [0.3, 0.4) is 0 Å². The largest absolute Gasteiger partial charge is 0.302 e. The molecule has 0 fully saturated rings. The SMILES string of the molecule is Cc1cn2c(n1)Cc1c(-c3c4ccc(CC(C)C)cc4cc[n+]3C)c(C)c3ccccc3c1-2. The van der Waals surface area contributed by atoms with Crippen molar-refractivity contribution in [1.29, 1.82) is 0 Å². The predicted molar refractivity (Wildman–Crippen MR) is 136 cm³/mol. The molecular formula is C30H30N3+. The molecule has 2 aromatic heterocycles. The molecule has 0 radical (unpaired) electrons. The Morgan fingerprint density at radius 2 is 1.79 bits per heavy atom. The summed E-state index contributed by atoms with van der Waals surface area (Å²) in [5.74, 6) is 1.79. The van der Waals surface area contributed by atoms with E-state index in [0.717, 1.165) is 24.4 Å². The van der Waals surface area contributed by atoms with Crippen molar-refractivity contribution in [2.45, 2.75) is 40.5 Å². The fraction of sp³-hybridized carbons (Fsp3) is 0.267. The van der Waals surface area contributed by atoms with Crippen molar-refractivity contribution in [2.75, 3.05) is 0 Å². The van der Waals surface area contributed by atoms with Gasteiger partial charge in [-0.1, -0.05) is 50.2 Å². The number of hydrogen-bond acceptors (Lipinski definition) is 1. The van der Waals surface area contributed by atoms with E-state index in [1.165, 1.54) is 55.2 Å². The predicted octanol–water partition coefficient (Wildman–Crippen LogP) is 6.39. The number of aryl methyl sites for hydroxylation is 3. The van der Waals surface area contributed by atoms with E-state index < -0.39 is 0 Å². The Bertz CT molecular complexity index is 1570. The number of imidazole rings is 1. The first-order valence-corrected chi connectivity index (χ1v) is 11.9. The lowest BCUT2D eigenvalue weighted by molar-refractivity contribution is -0.659. The summed E-state index contributed by atoms with van der Waals surface area (Å²) >= 11 is 0. The van der Waals surface area contributed by atoms with E-state index in [0.29, 0.717) is 5.92 Å². The van der Waals surface area contributed by atoms with Crippen molar-refractivity contribution in [2.24, 2.45) is 13.0 Å². The van der Waals surface area contributed by atoms with E-state index in [9.17, 15) is 0 Å². The Hall–Kier alpha value is -3.46. The summed E-state index contributed by atoms with van der Waals surface area (Å²) in [5.41, 5.74) is 9.19. The fourth-order valence-electron chi connectivity index (χ4n) is 5.78. The first-order chi connectivity index (χ1) is 15.9. The Kier molecular flexibility index (Phi) is 4.45. The van der Waals surface area contributed by atoms with Crippen LogP contribution in [0.2, 0.25) is 0 Å². The van der Waals surface area contributed by atoms with Crippen molar-refractivity contribution in [3.63, 3.8) is 0 Å². The van der Waals surface area contributed by atoms with Crippen LogP contribution in [0.5, 0.6) is 0 Å². The second kappa shape index (κ2) is 7.28. The Morgan fingerprint density at radius 3 is 2.58 bits per heavy atom. The highest BCUT2D eigenvalue weighted by atomic mass is 15.1. The summed E-state index contributed by atoms with van der Waals surface area (Å²) in [5, 5.41) is 5.26. The van der Waals surface area contributed by atoms with E-state index in [4.69, 9.17) is 4.98 Å². The third-order valence-corrected chi connectivity index (χ3v) is 7.11. The van der Waals surface area contributed by atoms with Gasteiger partial charge in [0.25, 0.3) is 0 Å². The van der Waals surface area contributed by atoms with Crippen molar-refractivity contribution >= 4 is 21.5 Å². The molecule has 0 bridgehead atoms. The topological polar surface area (TPSA) is 21.7 Å². The molecule has 0 saturated carbocycles. The summed E-state index contributed by atoms with van der Waals surface area (Å²) < 4.78 is 4.62. The summed E-state index contributed by atoms with van der Waals surface area (Å²) in [6, 6.07) is 18.1. The number of hydrogen-bond donors (Lipinski definition) is 0. The maximum absolute atomic E-state index is 4.86. The summed E-state index contributed by atoms with van der Waals surface area (Å²) in [6.07, 6.45) is 6.38. The second-order valence-electron chi connectivity index (χ2n) is 10.0. The molecule has 3 heterocycles. The molecule has 3 aromatic carbocycles. The van der Waals surface area contributed by atoms with Crippen molar-refractivity contribution in [3.8, 4) is 16.9 Å². The first-order valence-electron chi connectivity index (χ1n) is 11.9. The molecule has 0 aliphatic carbocycles. The van der Waals surface area contributed by atoms with Crippen LogP contribution < -0.4 is 4.57 Å². The minimum atomic E-state index is 0.651. The van der Waals surface area contributed by atoms with Crippen LogP contribution in [-0.4, -0.2) is 9.55 Å². The van der Waals surface area contributed by atoms with Gasteiger partial charge in [0, 0.05) is 24.1 Å². The van der Waals surface area contributed by atoms with Crippen LogP contribution in [-0.2, 0) is 19.9 Å². The summed E-state index contributed by atoms with van der Waals surface area (Å²) in [7, 11) is 2.18. The van der Waals surface area contributed by atoms with Gasteiger partial charge < -0.3 is 4.57 Å². The van der Waals surface area contributed by atoms with Gasteiger partial charge in [-0.2, -0.15) is 0 Å². The molecule has 33 heavy (non-hydrogen) atoms. The zero-order valence-electron chi connectivity index (χ0n) is 20.1. The van der Waals surface area contributed by atoms with Gasteiger partial charge in [0.2, 0.25) is 5.69 Å². The number of benzene rings is 3. The number of fused-ring (bicyclic) bond motifs is 6. The highest BCUT2D eigenvalue weighted by molar-refractivity contribution is 6.04. The molecule has 0 N–H and O–H groups in total. The Morgan fingerprint density at radius 1 is 1.00 bits per heavy atom. The number of aromatic nitrogens is 3. The Labute approximate surface area is 195 Å². The molecule has 0 amide bonds. The van der Waals surface area contributed by atoms with Crippen LogP contribution in [0.1, 0.15) is 42.1 Å². The fourth-order valence-corrected chi connectivity index (χ4v) is 5.78. The van der Waals surface area contributed by atoms with Crippen LogP contribution in [0.15, 0.2) is 60.9 Å². The van der Waals surface area contributed by atoms with E-state index >= 15 is 0 Å². The number of nitrogens with zero attached hydrogens (tertiary/aromatic N) is 3.